The van der Waals surface area contributed by atoms with Crippen molar-refractivity contribution in [2.24, 2.45) is 10.3 Å². The molecule has 0 aliphatic carbocycles. The van der Waals surface area contributed by atoms with Gasteiger partial charge in [-0.1, -0.05) is 5.92 Å². The fraction of sp³-hybridized carbons (Fsp3) is 0.321. The standard InChI is InChI=1S/C28H29F2N5O3S/c1-4-11-35-12-5-6-20(17-35)28(36)34-39(3,37)18-19-9-10-31-26(13-19)33-27-15-23(24(30)16-32-27)22-8-7-21(29)14-25(22)38-2/h1,7-10,13-16,20H,5-6,11-12,17-18H2,2-3H3,(H,31,32,33). The minimum atomic E-state index is -2.86. The molecule has 8 nitrogen and oxygen atoms in total. The van der Waals surface area contributed by atoms with Crippen LogP contribution in [0.3, 0.4) is 0 Å². The smallest absolute Gasteiger partial charge is 0.258 e. The van der Waals surface area contributed by atoms with Crippen LogP contribution in [0, 0.1) is 29.9 Å². The third kappa shape index (κ3) is 7.37. The van der Waals surface area contributed by atoms with Crippen molar-refractivity contribution in [1.82, 2.24) is 14.9 Å². The van der Waals surface area contributed by atoms with Crippen LogP contribution in [0.5, 0.6) is 5.75 Å². The Labute approximate surface area is 227 Å². The molecule has 2 aromatic heterocycles. The van der Waals surface area contributed by atoms with E-state index in [0.29, 0.717) is 36.5 Å². The quantitative estimate of drug-likeness (QED) is 0.406. The van der Waals surface area contributed by atoms with E-state index in [-0.39, 0.29) is 34.7 Å². The summed E-state index contributed by atoms with van der Waals surface area (Å²) >= 11 is 0. The molecule has 1 N–H and O–H groups in total. The molecule has 0 radical (unpaired) electrons. The molecule has 3 aromatic rings. The van der Waals surface area contributed by atoms with E-state index >= 15 is 0 Å². The van der Waals surface area contributed by atoms with Crippen LogP contribution < -0.4 is 10.1 Å². The number of piperidine rings is 1. The van der Waals surface area contributed by atoms with E-state index in [9.17, 15) is 17.8 Å². The molecule has 0 bridgehead atoms. The molecule has 11 heteroatoms. The van der Waals surface area contributed by atoms with E-state index in [1.807, 2.05) is 4.90 Å². The molecule has 1 fully saturated rings. The number of likely N-dealkylation sites (tertiary alicyclic amines) is 1. The van der Waals surface area contributed by atoms with Crippen molar-refractivity contribution in [2.75, 3.05) is 38.3 Å². The number of anilines is 2. The summed E-state index contributed by atoms with van der Waals surface area (Å²) < 4.78 is 50.8. The monoisotopic (exact) mass is 553 g/mol. The Morgan fingerprint density at radius 2 is 2.03 bits per heavy atom. The van der Waals surface area contributed by atoms with Gasteiger partial charge in [0.15, 0.2) is 0 Å². The Hall–Kier alpha value is -3.88. The van der Waals surface area contributed by atoms with Gasteiger partial charge in [-0.3, -0.25) is 9.69 Å². The lowest BCUT2D eigenvalue weighted by atomic mass is 9.98. The van der Waals surface area contributed by atoms with Crippen molar-refractivity contribution in [1.29, 1.82) is 0 Å². The van der Waals surface area contributed by atoms with Crippen LogP contribution in [0.2, 0.25) is 0 Å². The Morgan fingerprint density at radius 1 is 1.23 bits per heavy atom. The SMILES string of the molecule is C#CCN1CCCC(C(=O)N=S(C)(=O)Cc2ccnc(Nc3cc(-c4ccc(F)cc4OC)c(F)cn3)c2)C1. The van der Waals surface area contributed by atoms with E-state index in [0.717, 1.165) is 19.2 Å². The van der Waals surface area contributed by atoms with Gasteiger partial charge in [-0.05, 0) is 55.3 Å². The molecule has 1 saturated heterocycles. The van der Waals surface area contributed by atoms with Gasteiger partial charge < -0.3 is 10.1 Å². The van der Waals surface area contributed by atoms with Gasteiger partial charge in [0.1, 0.15) is 29.0 Å². The first-order chi connectivity index (χ1) is 18.7. The molecule has 0 saturated carbocycles. The summed E-state index contributed by atoms with van der Waals surface area (Å²) in [5, 5.41) is 3.01. The number of hydrogen-bond donors (Lipinski definition) is 1. The maximum atomic E-state index is 14.6. The van der Waals surface area contributed by atoms with Crippen molar-refractivity contribution < 1.29 is 22.5 Å². The maximum Gasteiger partial charge on any atom is 0.258 e. The average molecular weight is 554 g/mol. The number of carbonyl (C=O) groups excluding carboxylic acids is 1. The van der Waals surface area contributed by atoms with Crippen LogP contribution in [-0.4, -0.2) is 58.0 Å². The second-order valence-electron chi connectivity index (χ2n) is 9.38. The van der Waals surface area contributed by atoms with E-state index in [1.54, 1.807) is 12.1 Å². The molecule has 2 unspecified atom stereocenters. The number of halogens is 2. The highest BCUT2D eigenvalue weighted by atomic mass is 32.2. The first kappa shape index (κ1) is 28.1. The van der Waals surface area contributed by atoms with Crippen LogP contribution in [0.25, 0.3) is 11.1 Å². The predicted octanol–water partition coefficient (Wildman–Crippen LogP) is 4.64. The van der Waals surface area contributed by atoms with Crippen molar-refractivity contribution in [3.05, 3.63) is 66.0 Å². The normalized spacial score (nSPS) is 17.1. The second-order valence-corrected chi connectivity index (χ2v) is 11.8. The number of benzene rings is 1. The zero-order chi connectivity index (χ0) is 28.0. The van der Waals surface area contributed by atoms with Gasteiger partial charge in [-0.25, -0.2) is 23.0 Å². The van der Waals surface area contributed by atoms with Gasteiger partial charge in [0.05, 0.1) is 41.3 Å². The number of nitrogens with one attached hydrogen (secondary N) is 1. The van der Waals surface area contributed by atoms with Gasteiger partial charge in [0, 0.05) is 36.2 Å². The van der Waals surface area contributed by atoms with Crippen LogP contribution in [0.15, 0.2) is 53.2 Å². The third-order valence-corrected chi connectivity index (χ3v) is 7.71. The molecule has 3 heterocycles. The van der Waals surface area contributed by atoms with Gasteiger partial charge >= 0.3 is 0 Å². The summed E-state index contributed by atoms with van der Waals surface area (Å²) in [6.07, 6.45) is 11.0. The highest BCUT2D eigenvalue weighted by Crippen LogP contribution is 2.33. The number of aromatic nitrogens is 2. The first-order valence-electron chi connectivity index (χ1n) is 12.3. The number of amides is 1. The van der Waals surface area contributed by atoms with Crippen molar-refractivity contribution in [3.63, 3.8) is 0 Å². The molecule has 1 aliphatic heterocycles. The number of rotatable bonds is 8. The van der Waals surface area contributed by atoms with Gasteiger partial charge in [0.2, 0.25) is 0 Å². The summed E-state index contributed by atoms with van der Waals surface area (Å²) in [7, 11) is -1.49. The molecule has 2 atom stereocenters. The van der Waals surface area contributed by atoms with Crippen molar-refractivity contribution >= 4 is 27.3 Å². The molecule has 0 spiro atoms. The van der Waals surface area contributed by atoms with E-state index < -0.39 is 21.4 Å². The fourth-order valence-corrected chi connectivity index (χ4v) is 5.89. The molecule has 39 heavy (non-hydrogen) atoms. The molecule has 1 amide bonds. The zero-order valence-electron chi connectivity index (χ0n) is 21.7. The zero-order valence-corrected chi connectivity index (χ0v) is 22.5. The Bertz CT molecular complexity index is 1530. The highest BCUT2D eigenvalue weighted by Gasteiger charge is 2.26. The van der Waals surface area contributed by atoms with E-state index in [1.165, 1.54) is 43.8 Å². The Morgan fingerprint density at radius 3 is 2.79 bits per heavy atom. The Balaban J connectivity index is 1.50. The predicted molar refractivity (Wildman–Crippen MR) is 147 cm³/mol. The molecule has 4 rings (SSSR count). The summed E-state index contributed by atoms with van der Waals surface area (Å²) in [6, 6.07) is 8.64. The maximum absolute atomic E-state index is 14.6. The minimum absolute atomic E-state index is 0.0472. The van der Waals surface area contributed by atoms with Gasteiger partial charge in [-0.15, -0.1) is 6.42 Å². The fourth-order valence-electron chi connectivity index (χ4n) is 4.50. The minimum Gasteiger partial charge on any atom is -0.496 e. The molecule has 1 aromatic carbocycles. The van der Waals surface area contributed by atoms with Crippen molar-refractivity contribution in [2.45, 2.75) is 18.6 Å². The van der Waals surface area contributed by atoms with Crippen LogP contribution in [0.1, 0.15) is 18.4 Å². The number of terminal acetylenes is 1. The van der Waals surface area contributed by atoms with Crippen LogP contribution >= 0.6 is 0 Å². The molecule has 204 valence electrons. The summed E-state index contributed by atoms with van der Waals surface area (Å²) in [4.78, 5) is 23.1. The third-order valence-electron chi connectivity index (χ3n) is 6.28. The highest BCUT2D eigenvalue weighted by molar-refractivity contribution is 7.92. The lowest BCUT2D eigenvalue weighted by Crippen LogP contribution is -2.38. The van der Waals surface area contributed by atoms with Crippen LogP contribution in [0.4, 0.5) is 20.4 Å². The average Bonchev–Trinajstić information content (AvgIpc) is 2.90. The number of pyridine rings is 2. The molecule has 1 aliphatic rings. The van der Waals surface area contributed by atoms with Crippen LogP contribution in [-0.2, 0) is 20.3 Å². The Kier molecular flexibility index (Phi) is 8.89. The lowest BCUT2D eigenvalue weighted by Gasteiger charge is -2.29. The largest absolute Gasteiger partial charge is 0.496 e. The van der Waals surface area contributed by atoms with E-state index in [4.69, 9.17) is 11.2 Å². The van der Waals surface area contributed by atoms with Gasteiger partial charge in [0.25, 0.3) is 5.91 Å². The van der Waals surface area contributed by atoms with Gasteiger partial charge in [-0.2, -0.15) is 4.36 Å². The summed E-state index contributed by atoms with van der Waals surface area (Å²) in [5.74, 6) is 1.69. The van der Waals surface area contributed by atoms with Crippen molar-refractivity contribution in [3.8, 4) is 29.2 Å². The number of ether oxygens (including phenoxy) is 1. The molecular weight excluding hydrogens is 524 g/mol. The number of methoxy groups -OCH3 is 1. The van der Waals surface area contributed by atoms with E-state index in [2.05, 4.69) is 25.6 Å². The number of nitrogens with zero attached hydrogens (tertiary/aromatic N) is 4. The first-order valence-corrected chi connectivity index (χ1v) is 14.4. The summed E-state index contributed by atoms with van der Waals surface area (Å²) in [5.41, 5.74) is 1.18. The lowest BCUT2D eigenvalue weighted by molar-refractivity contribution is -0.122. The number of carbonyl (C=O) groups is 1. The topological polar surface area (TPSA) is 96.8 Å². The molecular formula is C28H29F2N5O3S. The number of hydrogen-bond acceptors (Lipinski definition) is 7. The second kappa shape index (κ2) is 12.3. The summed E-state index contributed by atoms with van der Waals surface area (Å²) in [6.45, 7) is 1.83.